The quantitative estimate of drug-likeness (QED) is 0.888. The van der Waals surface area contributed by atoms with Crippen molar-refractivity contribution in [3.63, 3.8) is 0 Å². The maximum absolute atomic E-state index is 11.7. The van der Waals surface area contributed by atoms with Crippen molar-refractivity contribution in [2.45, 2.75) is 45.5 Å². The van der Waals surface area contributed by atoms with E-state index < -0.39 is 11.7 Å². The van der Waals surface area contributed by atoms with E-state index in [0.717, 1.165) is 13.1 Å². The van der Waals surface area contributed by atoms with Crippen molar-refractivity contribution in [1.29, 1.82) is 0 Å². The molecule has 116 valence electrons. The van der Waals surface area contributed by atoms with Gasteiger partial charge in [-0.15, -0.1) is 0 Å². The van der Waals surface area contributed by atoms with E-state index in [-0.39, 0.29) is 6.04 Å². The Balaban J connectivity index is 1.86. The third kappa shape index (κ3) is 4.44. The number of carbonyl (C=O) groups is 1. The Morgan fingerprint density at radius 3 is 2.38 bits per heavy atom. The summed E-state index contributed by atoms with van der Waals surface area (Å²) >= 11 is 0. The van der Waals surface area contributed by atoms with Gasteiger partial charge in [-0.3, -0.25) is 4.90 Å². The molecule has 1 aromatic rings. The van der Waals surface area contributed by atoms with Gasteiger partial charge in [0.05, 0.1) is 0 Å². The minimum absolute atomic E-state index is 0.116. The van der Waals surface area contributed by atoms with Gasteiger partial charge in [-0.05, 0) is 31.9 Å². The molecule has 1 aliphatic heterocycles. The molecule has 1 atom stereocenters. The fourth-order valence-electron chi connectivity index (χ4n) is 2.49. The number of alkyl carbamates (subject to hydrolysis) is 1. The van der Waals surface area contributed by atoms with E-state index in [1.807, 2.05) is 20.8 Å². The molecule has 1 heterocycles. The van der Waals surface area contributed by atoms with Crippen molar-refractivity contribution in [3.8, 4) is 0 Å². The van der Waals surface area contributed by atoms with Crippen molar-refractivity contribution in [2.75, 3.05) is 13.1 Å². The first-order valence-corrected chi connectivity index (χ1v) is 7.37. The molecular weight excluding hydrogens is 266 g/mol. The predicted octanol–water partition coefficient (Wildman–Crippen LogP) is 1.85. The number of nitrogens with two attached hydrogens (primary N) is 1. The normalized spacial score (nSPS) is 16.4. The number of fused-ring (bicyclic) bond motifs is 1. The maximum Gasteiger partial charge on any atom is 0.407 e. The second-order valence-electron chi connectivity index (χ2n) is 6.45. The Labute approximate surface area is 126 Å². The lowest BCUT2D eigenvalue weighted by Crippen LogP contribution is -2.46. The Hall–Kier alpha value is -1.59. The third-order valence-electron chi connectivity index (χ3n) is 3.53. The van der Waals surface area contributed by atoms with Gasteiger partial charge in [0.1, 0.15) is 5.60 Å². The van der Waals surface area contributed by atoms with Gasteiger partial charge in [0.15, 0.2) is 0 Å². The summed E-state index contributed by atoms with van der Waals surface area (Å²) in [6, 6.07) is 8.51. The number of rotatable bonds is 4. The van der Waals surface area contributed by atoms with E-state index in [2.05, 4.69) is 34.5 Å². The molecule has 0 bridgehead atoms. The maximum atomic E-state index is 11.7. The standard InChI is InChI=1S/C16H25N3O2/c1-16(2,3)21-15(20)18-9-14(8-17)19-10-12-6-4-5-7-13(12)11-19/h4-7,14H,8-11,17H2,1-3H3,(H,18,20). The lowest BCUT2D eigenvalue weighted by Gasteiger charge is -2.27. The third-order valence-corrected chi connectivity index (χ3v) is 3.53. The lowest BCUT2D eigenvalue weighted by atomic mass is 10.1. The molecule has 5 nitrogen and oxygen atoms in total. The van der Waals surface area contributed by atoms with Crippen molar-refractivity contribution >= 4 is 6.09 Å². The van der Waals surface area contributed by atoms with Crippen LogP contribution in [0.5, 0.6) is 0 Å². The van der Waals surface area contributed by atoms with Crippen LogP contribution in [0.15, 0.2) is 24.3 Å². The van der Waals surface area contributed by atoms with Crippen molar-refractivity contribution in [2.24, 2.45) is 5.73 Å². The van der Waals surface area contributed by atoms with E-state index in [9.17, 15) is 4.79 Å². The van der Waals surface area contributed by atoms with Gasteiger partial charge in [0, 0.05) is 32.2 Å². The number of amides is 1. The van der Waals surface area contributed by atoms with Crippen LogP contribution < -0.4 is 11.1 Å². The number of hydrogen-bond acceptors (Lipinski definition) is 4. The summed E-state index contributed by atoms with van der Waals surface area (Å²) in [7, 11) is 0. The molecule has 1 unspecified atom stereocenters. The van der Waals surface area contributed by atoms with Gasteiger partial charge >= 0.3 is 6.09 Å². The van der Waals surface area contributed by atoms with Gasteiger partial charge in [-0.1, -0.05) is 24.3 Å². The van der Waals surface area contributed by atoms with Crippen LogP contribution in [0, 0.1) is 0 Å². The average molecular weight is 291 g/mol. The Morgan fingerprint density at radius 2 is 1.90 bits per heavy atom. The molecular formula is C16H25N3O2. The molecule has 1 amide bonds. The van der Waals surface area contributed by atoms with Crippen LogP contribution in [-0.2, 0) is 17.8 Å². The highest BCUT2D eigenvalue weighted by Gasteiger charge is 2.25. The van der Waals surface area contributed by atoms with Gasteiger partial charge < -0.3 is 15.8 Å². The van der Waals surface area contributed by atoms with Crippen LogP contribution in [0.25, 0.3) is 0 Å². The van der Waals surface area contributed by atoms with Crippen molar-refractivity contribution in [3.05, 3.63) is 35.4 Å². The average Bonchev–Trinajstić information content (AvgIpc) is 2.80. The summed E-state index contributed by atoms with van der Waals surface area (Å²) in [5.41, 5.74) is 8.07. The molecule has 1 aliphatic rings. The molecule has 0 saturated carbocycles. The first-order chi connectivity index (χ1) is 9.89. The van der Waals surface area contributed by atoms with E-state index in [4.69, 9.17) is 10.5 Å². The molecule has 3 N–H and O–H groups in total. The Kier molecular flexibility index (Phi) is 4.85. The van der Waals surface area contributed by atoms with E-state index in [0.29, 0.717) is 13.1 Å². The van der Waals surface area contributed by atoms with Gasteiger partial charge in [-0.25, -0.2) is 4.79 Å². The van der Waals surface area contributed by atoms with Gasteiger partial charge in [0.25, 0.3) is 0 Å². The summed E-state index contributed by atoms with van der Waals surface area (Å²) in [4.78, 5) is 14.0. The highest BCUT2D eigenvalue weighted by atomic mass is 16.6. The molecule has 1 aromatic carbocycles. The minimum Gasteiger partial charge on any atom is -0.444 e. The smallest absolute Gasteiger partial charge is 0.407 e. The van der Waals surface area contributed by atoms with Gasteiger partial charge in [-0.2, -0.15) is 0 Å². The number of carbonyl (C=O) groups excluding carboxylic acids is 1. The second kappa shape index (κ2) is 6.45. The van der Waals surface area contributed by atoms with Gasteiger partial charge in [0.2, 0.25) is 0 Å². The fraction of sp³-hybridized carbons (Fsp3) is 0.562. The second-order valence-corrected chi connectivity index (χ2v) is 6.45. The number of ether oxygens (including phenoxy) is 1. The largest absolute Gasteiger partial charge is 0.444 e. The topological polar surface area (TPSA) is 67.6 Å². The molecule has 0 aromatic heterocycles. The van der Waals surface area contributed by atoms with Crippen molar-refractivity contribution < 1.29 is 9.53 Å². The number of nitrogens with one attached hydrogen (secondary N) is 1. The first-order valence-electron chi connectivity index (χ1n) is 7.37. The monoisotopic (exact) mass is 291 g/mol. The highest BCUT2D eigenvalue weighted by Crippen LogP contribution is 2.23. The van der Waals surface area contributed by atoms with Crippen LogP contribution in [0.3, 0.4) is 0 Å². The molecule has 5 heteroatoms. The van der Waals surface area contributed by atoms with Crippen LogP contribution in [0.1, 0.15) is 31.9 Å². The van der Waals surface area contributed by atoms with Crippen LogP contribution in [-0.4, -0.2) is 35.7 Å². The molecule has 0 radical (unpaired) electrons. The molecule has 0 fully saturated rings. The predicted molar refractivity (Wildman–Crippen MR) is 82.8 cm³/mol. The summed E-state index contributed by atoms with van der Waals surface area (Å²) in [6.07, 6.45) is -0.391. The lowest BCUT2D eigenvalue weighted by molar-refractivity contribution is 0.0507. The van der Waals surface area contributed by atoms with Crippen molar-refractivity contribution in [1.82, 2.24) is 10.2 Å². The molecule has 0 aliphatic carbocycles. The summed E-state index contributed by atoms with van der Waals surface area (Å²) in [6.45, 7) is 8.32. The number of benzene rings is 1. The highest BCUT2D eigenvalue weighted by molar-refractivity contribution is 5.67. The van der Waals surface area contributed by atoms with E-state index in [1.165, 1.54) is 11.1 Å². The van der Waals surface area contributed by atoms with Crippen LogP contribution >= 0.6 is 0 Å². The van der Waals surface area contributed by atoms with E-state index in [1.54, 1.807) is 0 Å². The number of hydrogen-bond donors (Lipinski definition) is 2. The Bertz CT molecular complexity index is 472. The summed E-state index contributed by atoms with van der Waals surface area (Å²) in [5.74, 6) is 0. The Morgan fingerprint density at radius 1 is 1.33 bits per heavy atom. The fourth-order valence-corrected chi connectivity index (χ4v) is 2.49. The molecule has 0 spiro atoms. The molecule has 21 heavy (non-hydrogen) atoms. The van der Waals surface area contributed by atoms with Crippen LogP contribution in [0.4, 0.5) is 4.79 Å². The zero-order chi connectivity index (χ0) is 15.5. The molecule has 2 rings (SSSR count). The summed E-state index contributed by atoms with van der Waals surface area (Å²) in [5, 5.41) is 2.81. The SMILES string of the molecule is CC(C)(C)OC(=O)NCC(CN)N1Cc2ccccc2C1. The minimum atomic E-state index is -0.480. The number of nitrogens with zero attached hydrogens (tertiary/aromatic N) is 1. The van der Waals surface area contributed by atoms with E-state index >= 15 is 0 Å². The first kappa shape index (κ1) is 15.8. The van der Waals surface area contributed by atoms with Crippen LogP contribution in [0.2, 0.25) is 0 Å². The zero-order valence-corrected chi connectivity index (χ0v) is 13.1. The summed E-state index contributed by atoms with van der Waals surface area (Å²) < 4.78 is 5.25. The molecule has 0 saturated heterocycles. The zero-order valence-electron chi connectivity index (χ0n) is 13.1.